The van der Waals surface area contributed by atoms with E-state index in [-0.39, 0.29) is 96.3 Å². The molecular formula is C92H120Cl4F4N8O8. The summed E-state index contributed by atoms with van der Waals surface area (Å²) in [7, 11) is 7.88. The van der Waals surface area contributed by atoms with Gasteiger partial charge in [0.05, 0.1) is 102 Å². The first-order chi connectivity index (χ1) is 55.8. The number of benzene rings is 8. The minimum absolute atomic E-state index is 0.0195. The number of likely N-dealkylation sites (N-methyl/N-ethyl adjacent to an activating group) is 4. The summed E-state index contributed by atoms with van der Waals surface area (Å²) in [4.78, 5) is 4.04. The van der Waals surface area contributed by atoms with Crippen molar-refractivity contribution < 1.29 is 55.5 Å². The van der Waals surface area contributed by atoms with Gasteiger partial charge in [-0.3, -0.25) is 0 Å². The molecule has 10 N–H and O–H groups in total. The number of hydrogen-bond acceptors (Lipinski definition) is 16. The van der Waals surface area contributed by atoms with Crippen molar-refractivity contribution in [1.82, 2.24) is 20.4 Å². The quantitative estimate of drug-likeness (QED) is 0.0560. The molecule has 0 amide bonds. The van der Waals surface area contributed by atoms with Gasteiger partial charge in [0.1, 0.15) is 23.3 Å². The topological polar surface area (TPSA) is 208 Å². The van der Waals surface area contributed by atoms with Crippen LogP contribution in [-0.4, -0.2) is 154 Å². The van der Waals surface area contributed by atoms with E-state index in [4.69, 9.17) is 107 Å². The Hall–Kier alpha value is -6.00. The average molecular weight is 1680 g/mol. The van der Waals surface area contributed by atoms with E-state index in [2.05, 4.69) is 34.9 Å². The molecule has 0 aromatic heterocycles. The molecule has 0 aliphatic carbocycles. The molecule has 0 fully saturated rings. The summed E-state index contributed by atoms with van der Waals surface area (Å²) in [5.74, 6) is -0.566. The molecule has 116 heavy (non-hydrogen) atoms. The highest BCUT2D eigenvalue weighted by atomic mass is 35.5. The highest BCUT2D eigenvalue weighted by molar-refractivity contribution is 6.32. The van der Waals surface area contributed by atoms with Crippen molar-refractivity contribution in [3.8, 4) is 0 Å². The summed E-state index contributed by atoms with van der Waals surface area (Å²) in [6.45, 7) is 22.1. The summed E-state index contributed by atoms with van der Waals surface area (Å²) < 4.78 is 99.6. The number of halogens is 8. The van der Waals surface area contributed by atoms with Crippen molar-refractivity contribution in [1.29, 1.82) is 0 Å². The molecule has 0 saturated heterocycles. The molecule has 632 valence electrons. The molecular weight excluding hydrogens is 1560 g/mol. The monoisotopic (exact) mass is 1680 g/mol. The number of nitrogens with two attached hydrogens (primary N) is 4. The maximum absolute atomic E-state index is 13.7. The summed E-state index contributed by atoms with van der Waals surface area (Å²) >= 11 is 24.6. The molecule has 0 saturated carbocycles. The SMILES string of the molecule is CCNC[C@@H]1OCCc2cccc(F)c21.CCNC[C@H]1OCCc2cccc(F)c21.CN(C)C[C@@H]1OCCc2cccc(F)c21.CN(C)C[C@H]1OCCc2cccc(F)c21.C[C@@H](N)[C@@H]1OCCc2cccc(Cl)c21.C[C@@H](N)[C@H]1OCCc2cccc(Cl)c21.C[C@H](N)[C@@H]1OCCc2cccc(Cl)c21.C[C@H](N)[C@H]1OCCc2cccc(Cl)c21. The molecule has 24 heteroatoms. The van der Waals surface area contributed by atoms with Gasteiger partial charge in [0, 0.05) is 115 Å². The smallest absolute Gasteiger partial charge is 0.129 e. The lowest BCUT2D eigenvalue weighted by Crippen LogP contribution is -2.31. The van der Waals surface area contributed by atoms with Crippen LogP contribution in [0.3, 0.4) is 0 Å². The van der Waals surface area contributed by atoms with E-state index in [9.17, 15) is 17.6 Å². The van der Waals surface area contributed by atoms with Crippen molar-refractivity contribution in [2.24, 2.45) is 22.9 Å². The molecule has 8 aliphatic heterocycles. The minimum atomic E-state index is -0.143. The van der Waals surface area contributed by atoms with Crippen LogP contribution in [0.5, 0.6) is 0 Å². The molecule has 12 atom stereocenters. The van der Waals surface area contributed by atoms with Gasteiger partial charge in [0.2, 0.25) is 0 Å². The van der Waals surface area contributed by atoms with E-state index < -0.39 is 0 Å². The van der Waals surface area contributed by atoms with Crippen molar-refractivity contribution in [3.63, 3.8) is 0 Å². The number of fused-ring (bicyclic) bond motifs is 8. The molecule has 8 aromatic carbocycles. The van der Waals surface area contributed by atoms with Gasteiger partial charge in [0.25, 0.3) is 0 Å². The van der Waals surface area contributed by atoms with E-state index in [1.54, 1.807) is 24.3 Å². The Labute approximate surface area is 705 Å². The average Bonchev–Trinajstić information content (AvgIpc) is 0.743. The Morgan fingerprint density at radius 2 is 0.500 bits per heavy atom. The standard InChI is InChI=1S/4C12H16FNO.4C11H14ClNO/c2*1-14(2)8-11-12-9(6-7-15-11)4-3-5-10(12)13;2*1-2-14-8-11-12-9(6-7-15-11)4-3-5-10(12)13;4*1-7(13)11-10-8(5-6-14-11)3-2-4-9(10)12/h2*3-5,11H,6-8H2,1-2H3;2*3-5,11,14H,2,6-8H2,1H3;4*2-4,7,11H,5-6,13H2,1H3/t4*11-;2*7-,11+;2*7-,11-/m10101010/s1. The zero-order valence-electron chi connectivity index (χ0n) is 68.8. The van der Waals surface area contributed by atoms with Crippen LogP contribution < -0.4 is 33.6 Å². The van der Waals surface area contributed by atoms with Gasteiger partial charge in [-0.25, -0.2) is 17.6 Å². The van der Waals surface area contributed by atoms with Gasteiger partial charge in [-0.15, -0.1) is 0 Å². The number of ether oxygens (including phenoxy) is 8. The van der Waals surface area contributed by atoms with Crippen LogP contribution in [-0.2, 0) is 89.3 Å². The van der Waals surface area contributed by atoms with E-state index in [1.165, 1.54) is 46.5 Å². The van der Waals surface area contributed by atoms with Crippen LogP contribution in [0.15, 0.2) is 146 Å². The van der Waals surface area contributed by atoms with Crippen LogP contribution >= 0.6 is 46.4 Å². The number of nitrogens with one attached hydrogen (secondary N) is 2. The Balaban J connectivity index is 0.000000152. The molecule has 0 bridgehead atoms. The summed E-state index contributed by atoms with van der Waals surface area (Å²) in [6.07, 6.45) is 6.29. The zero-order valence-corrected chi connectivity index (χ0v) is 71.9. The van der Waals surface area contributed by atoms with Crippen molar-refractivity contribution in [2.75, 3.05) is 120 Å². The van der Waals surface area contributed by atoms with E-state index in [0.717, 1.165) is 191 Å². The molecule has 16 rings (SSSR count). The third kappa shape index (κ3) is 26.0. The second-order valence-electron chi connectivity index (χ2n) is 30.7. The fraction of sp³-hybridized carbons (Fsp3) is 0.478. The largest absolute Gasteiger partial charge is 0.372 e. The number of hydrogen-bond donors (Lipinski definition) is 6. The molecule has 0 spiro atoms. The lowest BCUT2D eigenvalue weighted by molar-refractivity contribution is 0.0227. The summed E-state index contributed by atoms with van der Waals surface area (Å²) in [6, 6.07) is 44.8. The Morgan fingerprint density at radius 1 is 0.310 bits per heavy atom. The molecule has 8 aliphatic rings. The van der Waals surface area contributed by atoms with Gasteiger partial charge in [0.15, 0.2) is 0 Å². The number of nitrogens with zero attached hydrogens (tertiary/aromatic N) is 2. The van der Waals surface area contributed by atoms with Gasteiger partial charge in [-0.05, 0) is 213 Å². The lowest BCUT2D eigenvalue weighted by atomic mass is 9.94. The van der Waals surface area contributed by atoms with Gasteiger partial charge in [-0.2, -0.15) is 0 Å². The fourth-order valence-electron chi connectivity index (χ4n) is 15.7. The normalized spacial score (nSPS) is 21.5. The zero-order chi connectivity index (χ0) is 83.5. The van der Waals surface area contributed by atoms with Gasteiger partial charge in [-0.1, -0.05) is 157 Å². The van der Waals surface area contributed by atoms with Crippen molar-refractivity contribution in [3.05, 3.63) is 278 Å². The van der Waals surface area contributed by atoms with E-state index in [0.29, 0.717) is 39.5 Å². The van der Waals surface area contributed by atoms with Crippen molar-refractivity contribution >= 4 is 46.4 Å². The molecule has 16 nitrogen and oxygen atoms in total. The third-order valence-corrected chi connectivity index (χ3v) is 22.5. The molecule has 8 heterocycles. The van der Waals surface area contributed by atoms with Crippen LogP contribution in [0.4, 0.5) is 17.6 Å². The first-order valence-corrected chi connectivity index (χ1v) is 42.2. The number of rotatable bonds is 14. The van der Waals surface area contributed by atoms with Crippen LogP contribution in [0.1, 0.15) is 179 Å². The summed E-state index contributed by atoms with van der Waals surface area (Å²) in [5, 5.41) is 9.46. The molecule has 0 radical (unpaired) electrons. The van der Waals surface area contributed by atoms with E-state index in [1.807, 2.05) is 152 Å². The Bertz CT molecular complexity index is 3970. The second-order valence-corrected chi connectivity index (χ2v) is 32.3. The molecule has 0 unspecified atom stereocenters. The van der Waals surface area contributed by atoms with Gasteiger partial charge >= 0.3 is 0 Å². The Morgan fingerprint density at radius 3 is 0.707 bits per heavy atom. The minimum Gasteiger partial charge on any atom is -0.372 e. The van der Waals surface area contributed by atoms with E-state index >= 15 is 0 Å². The first-order valence-electron chi connectivity index (χ1n) is 40.7. The molecule has 8 aromatic rings. The summed E-state index contributed by atoms with van der Waals surface area (Å²) in [5.41, 5.74) is 40.2. The lowest BCUT2D eigenvalue weighted by Gasteiger charge is -2.29. The van der Waals surface area contributed by atoms with Crippen LogP contribution in [0.2, 0.25) is 20.1 Å². The fourth-order valence-corrected chi connectivity index (χ4v) is 16.9. The Kier molecular flexibility index (Phi) is 38.2. The third-order valence-electron chi connectivity index (χ3n) is 21.1. The van der Waals surface area contributed by atoms with Gasteiger partial charge < -0.3 is 81.3 Å². The highest BCUT2D eigenvalue weighted by Crippen LogP contribution is 2.40. The predicted octanol–water partition coefficient (Wildman–Crippen LogP) is 17.3. The van der Waals surface area contributed by atoms with Crippen LogP contribution in [0, 0.1) is 23.3 Å². The maximum atomic E-state index is 13.7. The predicted molar refractivity (Wildman–Crippen MR) is 459 cm³/mol. The maximum Gasteiger partial charge on any atom is 0.129 e. The van der Waals surface area contributed by atoms with Crippen LogP contribution in [0.25, 0.3) is 0 Å². The second kappa shape index (κ2) is 47.3. The first kappa shape index (κ1) is 93.9. The van der Waals surface area contributed by atoms with Crippen molar-refractivity contribution in [2.45, 2.75) is 166 Å². The highest BCUT2D eigenvalue weighted by Gasteiger charge is 2.33.